The van der Waals surface area contributed by atoms with Gasteiger partial charge in [0, 0.05) is 22.5 Å². The largest absolute Gasteiger partial charge is 0.341 e. The summed E-state index contributed by atoms with van der Waals surface area (Å²) in [5, 5.41) is 15.6. The summed E-state index contributed by atoms with van der Waals surface area (Å²) in [7, 11) is 0. The topological polar surface area (TPSA) is 88.0 Å². The number of para-hydroxylation sites is 1. The van der Waals surface area contributed by atoms with Gasteiger partial charge in [-0.05, 0) is 36.4 Å². The van der Waals surface area contributed by atoms with Crippen LogP contribution in [0.2, 0.25) is 0 Å². The number of hydrogen-bond donors (Lipinski definition) is 2. The van der Waals surface area contributed by atoms with Crippen molar-refractivity contribution in [2.45, 2.75) is 9.79 Å². The molecule has 144 valence electrons. The van der Waals surface area contributed by atoms with E-state index < -0.39 is 4.92 Å². The van der Waals surface area contributed by atoms with Crippen LogP contribution in [0.1, 0.15) is 0 Å². The Hall–Kier alpha value is -3.65. The lowest BCUT2D eigenvalue weighted by Gasteiger charge is -2.14. The lowest BCUT2D eigenvalue weighted by Crippen LogP contribution is -2.10. The molecule has 0 atom stereocenters. The van der Waals surface area contributed by atoms with E-state index in [1.807, 2.05) is 0 Å². The number of hydrogen-bond acceptors (Lipinski definition) is 5. The zero-order chi connectivity index (χ0) is 20.4. The van der Waals surface area contributed by atoms with Crippen molar-refractivity contribution < 1.29 is 9.31 Å². The second kappa shape index (κ2) is 7.76. The zero-order valence-corrected chi connectivity index (χ0v) is 15.7. The maximum Gasteiger partial charge on any atom is 0.283 e. The van der Waals surface area contributed by atoms with Gasteiger partial charge in [-0.3, -0.25) is 14.9 Å². The molecule has 29 heavy (non-hydrogen) atoms. The Labute approximate surface area is 168 Å². The normalized spacial score (nSPS) is 10.8. The first kappa shape index (κ1) is 18.7. The van der Waals surface area contributed by atoms with Gasteiger partial charge in [0.25, 0.3) is 11.2 Å². The van der Waals surface area contributed by atoms with Crippen molar-refractivity contribution in [2.24, 2.45) is 0 Å². The third-order valence-corrected chi connectivity index (χ3v) is 5.46. The highest BCUT2D eigenvalue weighted by atomic mass is 32.2. The van der Waals surface area contributed by atoms with Gasteiger partial charge in [-0.25, -0.2) is 4.39 Å². The predicted octanol–water partition coefficient (Wildman–Crippen LogP) is 5.47. The van der Waals surface area contributed by atoms with Crippen LogP contribution in [0.3, 0.4) is 0 Å². The van der Waals surface area contributed by atoms with E-state index in [0.717, 1.165) is 0 Å². The molecule has 0 saturated heterocycles. The molecular formula is C21H14FN3O3S. The minimum atomic E-state index is -0.441. The smallest absolute Gasteiger partial charge is 0.283 e. The molecule has 0 unspecified atom stereocenters. The summed E-state index contributed by atoms with van der Waals surface area (Å²) in [5.41, 5.74) is 0.249. The molecule has 0 bridgehead atoms. The van der Waals surface area contributed by atoms with Crippen molar-refractivity contribution >= 4 is 39.7 Å². The van der Waals surface area contributed by atoms with Crippen LogP contribution >= 0.6 is 11.8 Å². The van der Waals surface area contributed by atoms with Crippen LogP contribution in [0.4, 0.5) is 21.6 Å². The summed E-state index contributed by atoms with van der Waals surface area (Å²) >= 11 is 1.18. The molecule has 4 rings (SSSR count). The third kappa shape index (κ3) is 3.83. The van der Waals surface area contributed by atoms with Crippen molar-refractivity contribution in [1.82, 2.24) is 4.98 Å². The number of aromatic nitrogens is 1. The number of nitro groups is 1. The number of H-pyrrole nitrogens is 1. The first-order chi connectivity index (χ1) is 14.0. The fourth-order valence-corrected chi connectivity index (χ4v) is 4.03. The number of halogens is 1. The van der Waals surface area contributed by atoms with E-state index in [4.69, 9.17) is 0 Å². The summed E-state index contributed by atoms with van der Waals surface area (Å²) in [5.74, 6) is 0.000484. The zero-order valence-electron chi connectivity index (χ0n) is 14.9. The van der Waals surface area contributed by atoms with Crippen LogP contribution in [-0.2, 0) is 0 Å². The quantitative estimate of drug-likeness (QED) is 0.338. The van der Waals surface area contributed by atoms with Gasteiger partial charge in [0.1, 0.15) is 11.6 Å². The first-order valence-corrected chi connectivity index (χ1v) is 9.43. The third-order valence-electron chi connectivity index (χ3n) is 4.27. The minimum absolute atomic E-state index is 0.0273. The van der Waals surface area contributed by atoms with Gasteiger partial charge in [-0.1, -0.05) is 42.1 Å². The minimum Gasteiger partial charge on any atom is -0.341 e. The standard InChI is InChI=1S/C21H14FN3O3S/c22-13-9-11-14(12-10-13)23-20-19(15-5-1-2-6-16(15)21(26)24-20)29-18-8-4-3-7-17(18)25(27)28/h1-12H,(H2,23,24,26). The Balaban J connectivity index is 1.88. The molecule has 4 aromatic rings. The van der Waals surface area contributed by atoms with Gasteiger partial charge < -0.3 is 10.3 Å². The number of pyridine rings is 1. The summed E-state index contributed by atoms with van der Waals surface area (Å²) < 4.78 is 13.2. The van der Waals surface area contributed by atoms with Gasteiger partial charge >= 0.3 is 0 Å². The van der Waals surface area contributed by atoms with Gasteiger partial charge in [0.2, 0.25) is 0 Å². The molecule has 1 heterocycles. The van der Waals surface area contributed by atoms with Crippen molar-refractivity contribution in [1.29, 1.82) is 0 Å². The van der Waals surface area contributed by atoms with Crippen LogP contribution < -0.4 is 10.9 Å². The number of anilines is 2. The van der Waals surface area contributed by atoms with Crippen molar-refractivity contribution in [3.05, 3.63) is 99.1 Å². The van der Waals surface area contributed by atoms with Crippen LogP contribution in [0, 0.1) is 15.9 Å². The lowest BCUT2D eigenvalue weighted by molar-refractivity contribution is -0.387. The van der Waals surface area contributed by atoms with E-state index in [1.165, 1.54) is 30.0 Å². The van der Waals surface area contributed by atoms with Crippen LogP contribution in [0.25, 0.3) is 10.8 Å². The van der Waals surface area contributed by atoms with E-state index >= 15 is 0 Å². The monoisotopic (exact) mass is 407 g/mol. The second-order valence-corrected chi connectivity index (χ2v) is 7.21. The highest BCUT2D eigenvalue weighted by Crippen LogP contribution is 2.41. The lowest BCUT2D eigenvalue weighted by atomic mass is 10.1. The Morgan fingerprint density at radius 3 is 2.31 bits per heavy atom. The molecule has 3 aromatic carbocycles. The van der Waals surface area contributed by atoms with E-state index in [9.17, 15) is 19.3 Å². The molecule has 0 radical (unpaired) electrons. The SMILES string of the molecule is O=c1[nH]c(Nc2ccc(F)cc2)c(Sc2ccccc2[N+](=O)[O-])c2ccccc12. The molecule has 0 aliphatic carbocycles. The summed E-state index contributed by atoms with van der Waals surface area (Å²) in [4.78, 5) is 27.4. The highest BCUT2D eigenvalue weighted by molar-refractivity contribution is 7.99. The summed E-state index contributed by atoms with van der Waals surface area (Å²) in [6.07, 6.45) is 0. The number of rotatable bonds is 5. The summed E-state index contributed by atoms with van der Waals surface area (Å²) in [6.45, 7) is 0. The summed E-state index contributed by atoms with van der Waals surface area (Å²) in [6, 6.07) is 19.1. The Morgan fingerprint density at radius 1 is 0.931 bits per heavy atom. The number of nitrogens with zero attached hydrogens (tertiary/aromatic N) is 1. The molecule has 0 aliphatic heterocycles. The van der Waals surface area contributed by atoms with E-state index in [1.54, 1.807) is 54.6 Å². The molecule has 0 saturated carbocycles. The van der Waals surface area contributed by atoms with Crippen LogP contribution in [-0.4, -0.2) is 9.91 Å². The van der Waals surface area contributed by atoms with Crippen molar-refractivity contribution in [3.8, 4) is 0 Å². The van der Waals surface area contributed by atoms with Crippen molar-refractivity contribution in [3.63, 3.8) is 0 Å². The molecule has 6 nitrogen and oxygen atoms in total. The fourth-order valence-electron chi connectivity index (χ4n) is 2.93. The Kier molecular flexibility index (Phi) is 5.01. The molecule has 2 N–H and O–H groups in total. The molecule has 0 fully saturated rings. The Bertz CT molecular complexity index is 1270. The maximum atomic E-state index is 13.2. The van der Waals surface area contributed by atoms with Gasteiger partial charge in [0.15, 0.2) is 0 Å². The van der Waals surface area contributed by atoms with Gasteiger partial charge in [0.05, 0.1) is 14.7 Å². The van der Waals surface area contributed by atoms with Crippen LogP contribution in [0.5, 0.6) is 0 Å². The van der Waals surface area contributed by atoms with E-state index in [2.05, 4.69) is 10.3 Å². The molecular weight excluding hydrogens is 393 g/mol. The second-order valence-electron chi connectivity index (χ2n) is 6.16. The highest BCUT2D eigenvalue weighted by Gasteiger charge is 2.19. The average Bonchev–Trinajstić information content (AvgIpc) is 2.73. The maximum absolute atomic E-state index is 13.2. The van der Waals surface area contributed by atoms with E-state index in [-0.39, 0.29) is 17.1 Å². The molecule has 0 spiro atoms. The number of fused-ring (bicyclic) bond motifs is 1. The van der Waals surface area contributed by atoms with Crippen LogP contribution in [0.15, 0.2) is 87.4 Å². The number of nitro benzene ring substituents is 1. The number of nitrogens with one attached hydrogen (secondary N) is 2. The van der Waals surface area contributed by atoms with Crippen molar-refractivity contribution in [2.75, 3.05) is 5.32 Å². The molecule has 1 aromatic heterocycles. The van der Waals surface area contributed by atoms with E-state index in [0.29, 0.717) is 32.1 Å². The molecule has 0 amide bonds. The molecule has 8 heteroatoms. The van der Waals surface area contributed by atoms with Gasteiger partial charge in [-0.15, -0.1) is 0 Å². The van der Waals surface area contributed by atoms with Gasteiger partial charge in [-0.2, -0.15) is 0 Å². The fraction of sp³-hybridized carbons (Fsp3) is 0. The first-order valence-electron chi connectivity index (χ1n) is 8.62. The number of benzene rings is 3. The predicted molar refractivity (Wildman–Crippen MR) is 111 cm³/mol. The Morgan fingerprint density at radius 2 is 1.59 bits per heavy atom. The molecule has 0 aliphatic rings. The number of aromatic amines is 1. The average molecular weight is 407 g/mol.